The maximum absolute atomic E-state index is 13.2. The zero-order chi connectivity index (χ0) is 28.7. The van der Waals surface area contributed by atoms with Crippen molar-refractivity contribution in [2.24, 2.45) is 5.73 Å². The van der Waals surface area contributed by atoms with Crippen LogP contribution in [0.1, 0.15) is 25.8 Å². The van der Waals surface area contributed by atoms with Crippen LogP contribution in [0.15, 0.2) is 42.5 Å². The minimum Gasteiger partial charge on any atom is -0.490 e. The van der Waals surface area contributed by atoms with Gasteiger partial charge in [-0.15, -0.1) is 0 Å². The molecule has 0 radical (unpaired) electrons. The first-order valence-corrected chi connectivity index (χ1v) is 14.7. The fourth-order valence-electron chi connectivity index (χ4n) is 4.21. The van der Waals surface area contributed by atoms with Gasteiger partial charge in [0.05, 0.1) is 18.9 Å². The lowest BCUT2D eigenvalue weighted by molar-refractivity contribution is -0.139. The summed E-state index contributed by atoms with van der Waals surface area (Å²) in [5.41, 5.74) is 6.74. The molecular formula is C26H34ClFN4O6S. The number of amides is 2. The summed E-state index contributed by atoms with van der Waals surface area (Å²) in [7, 11) is -3.72. The van der Waals surface area contributed by atoms with Crippen LogP contribution in [0.25, 0.3) is 0 Å². The van der Waals surface area contributed by atoms with Crippen LogP contribution in [0.2, 0.25) is 5.02 Å². The van der Waals surface area contributed by atoms with Crippen LogP contribution in [0.5, 0.6) is 11.5 Å². The zero-order valence-corrected chi connectivity index (χ0v) is 23.7. The number of benzene rings is 2. The Morgan fingerprint density at radius 2 is 1.79 bits per heavy atom. The Balaban J connectivity index is 1.54. The summed E-state index contributed by atoms with van der Waals surface area (Å²) < 4.78 is 48.9. The number of piperazine rings is 1. The molecule has 0 unspecified atom stereocenters. The number of rotatable bonds is 11. The van der Waals surface area contributed by atoms with E-state index < -0.39 is 22.0 Å². The SMILES string of the molecule is C[C@@H]1CN(Cc2ccc(F)cc2)[C@@H](C)CN1C(=O)COc1ccc(Cl)cc1OCC[C@@H](N)C(=O)NS(C)(=O)=O. The summed E-state index contributed by atoms with van der Waals surface area (Å²) in [5.74, 6) is -0.744. The molecule has 0 aliphatic carbocycles. The monoisotopic (exact) mass is 584 g/mol. The van der Waals surface area contributed by atoms with E-state index in [9.17, 15) is 22.4 Å². The first-order valence-electron chi connectivity index (χ1n) is 12.4. The maximum atomic E-state index is 13.2. The van der Waals surface area contributed by atoms with Crippen molar-refractivity contribution in [3.63, 3.8) is 0 Å². The van der Waals surface area contributed by atoms with E-state index in [1.165, 1.54) is 18.2 Å². The number of carbonyl (C=O) groups excluding carboxylic acids is 2. The Hall–Kier alpha value is -2.93. The van der Waals surface area contributed by atoms with Gasteiger partial charge in [-0.25, -0.2) is 12.8 Å². The Morgan fingerprint density at radius 1 is 1.10 bits per heavy atom. The van der Waals surface area contributed by atoms with Crippen molar-refractivity contribution in [3.05, 3.63) is 58.9 Å². The number of nitrogens with two attached hydrogens (primary N) is 1. The largest absolute Gasteiger partial charge is 0.490 e. The van der Waals surface area contributed by atoms with Crippen molar-refractivity contribution >= 4 is 33.4 Å². The Bertz CT molecular complexity index is 1260. The molecule has 13 heteroatoms. The van der Waals surface area contributed by atoms with Gasteiger partial charge in [-0.3, -0.25) is 19.2 Å². The molecule has 3 N–H and O–H groups in total. The van der Waals surface area contributed by atoms with E-state index in [0.29, 0.717) is 24.7 Å². The van der Waals surface area contributed by atoms with Crippen LogP contribution < -0.4 is 19.9 Å². The van der Waals surface area contributed by atoms with Crippen molar-refractivity contribution < 1.29 is 31.9 Å². The van der Waals surface area contributed by atoms with Crippen LogP contribution in [0.4, 0.5) is 4.39 Å². The smallest absolute Gasteiger partial charge is 0.260 e. The highest BCUT2D eigenvalue weighted by Crippen LogP contribution is 2.31. The van der Waals surface area contributed by atoms with Gasteiger partial charge in [-0.1, -0.05) is 23.7 Å². The summed E-state index contributed by atoms with van der Waals surface area (Å²) in [4.78, 5) is 29.0. The van der Waals surface area contributed by atoms with Gasteiger partial charge in [0.2, 0.25) is 15.9 Å². The molecule has 0 aromatic heterocycles. The molecule has 3 atom stereocenters. The van der Waals surface area contributed by atoms with Crippen molar-refractivity contribution in [2.75, 3.05) is 32.6 Å². The van der Waals surface area contributed by atoms with Crippen molar-refractivity contribution in [3.8, 4) is 11.5 Å². The van der Waals surface area contributed by atoms with E-state index in [1.807, 2.05) is 18.6 Å². The van der Waals surface area contributed by atoms with Gasteiger partial charge < -0.3 is 20.1 Å². The molecule has 0 bridgehead atoms. The van der Waals surface area contributed by atoms with Gasteiger partial charge in [0.15, 0.2) is 18.1 Å². The third-order valence-electron chi connectivity index (χ3n) is 6.30. The van der Waals surface area contributed by atoms with E-state index in [2.05, 4.69) is 4.90 Å². The van der Waals surface area contributed by atoms with Gasteiger partial charge in [0.1, 0.15) is 5.82 Å². The second kappa shape index (κ2) is 13.4. The third kappa shape index (κ3) is 9.34. The molecular weight excluding hydrogens is 551 g/mol. The fourth-order valence-corrected chi connectivity index (χ4v) is 4.89. The molecule has 10 nitrogen and oxygen atoms in total. The number of carbonyl (C=O) groups is 2. The lowest BCUT2D eigenvalue weighted by Gasteiger charge is -2.44. The van der Waals surface area contributed by atoms with E-state index >= 15 is 0 Å². The molecule has 2 amide bonds. The average Bonchev–Trinajstić information content (AvgIpc) is 2.85. The molecule has 1 saturated heterocycles. The molecule has 214 valence electrons. The lowest BCUT2D eigenvalue weighted by Crippen LogP contribution is -2.58. The summed E-state index contributed by atoms with van der Waals surface area (Å²) in [6.07, 6.45) is 0.893. The van der Waals surface area contributed by atoms with Crippen LogP contribution in [0, 0.1) is 5.82 Å². The first-order chi connectivity index (χ1) is 18.3. The number of hydrogen-bond acceptors (Lipinski definition) is 8. The Morgan fingerprint density at radius 3 is 2.46 bits per heavy atom. The lowest BCUT2D eigenvalue weighted by atomic mass is 10.1. The topological polar surface area (TPSA) is 131 Å². The van der Waals surface area contributed by atoms with Gasteiger partial charge in [0.25, 0.3) is 5.91 Å². The number of nitrogens with one attached hydrogen (secondary N) is 1. The second-order valence-corrected chi connectivity index (χ2v) is 11.8. The standard InChI is InChI=1S/C26H34ClFN4O6S/c1-17-14-32(18(2)13-31(17)15-19-4-7-21(28)8-5-19)25(33)16-38-23-9-6-20(27)12-24(23)37-11-10-22(29)26(34)30-39(3,35)36/h4-9,12,17-18,22H,10-11,13-16,29H2,1-3H3,(H,30,34)/t17-,18+,22+/m0/s1. The van der Waals surface area contributed by atoms with E-state index in [0.717, 1.165) is 11.8 Å². The van der Waals surface area contributed by atoms with Crippen molar-refractivity contribution in [2.45, 2.75) is 44.9 Å². The molecule has 3 rings (SSSR count). The Kier molecular flexibility index (Phi) is 10.5. The first kappa shape index (κ1) is 30.6. The van der Waals surface area contributed by atoms with Crippen LogP contribution in [-0.2, 0) is 26.2 Å². The molecule has 39 heavy (non-hydrogen) atoms. The van der Waals surface area contributed by atoms with Gasteiger partial charge in [0, 0.05) is 49.2 Å². The molecule has 2 aromatic carbocycles. The summed E-state index contributed by atoms with van der Waals surface area (Å²) in [6, 6.07) is 10.0. The quantitative estimate of drug-likeness (QED) is 0.411. The maximum Gasteiger partial charge on any atom is 0.260 e. The molecule has 0 saturated carbocycles. The van der Waals surface area contributed by atoms with E-state index in [1.54, 1.807) is 29.2 Å². The van der Waals surface area contributed by atoms with Crippen LogP contribution in [0.3, 0.4) is 0 Å². The Labute approximate surface area is 233 Å². The van der Waals surface area contributed by atoms with Gasteiger partial charge >= 0.3 is 0 Å². The number of halogens is 2. The third-order valence-corrected chi connectivity index (χ3v) is 7.11. The molecule has 1 aliphatic rings. The zero-order valence-electron chi connectivity index (χ0n) is 22.1. The van der Waals surface area contributed by atoms with Gasteiger partial charge in [-0.2, -0.15) is 0 Å². The predicted molar refractivity (Wildman–Crippen MR) is 145 cm³/mol. The molecule has 2 aromatic rings. The van der Waals surface area contributed by atoms with E-state index in [4.69, 9.17) is 26.8 Å². The number of ether oxygens (including phenoxy) is 2. The molecule has 1 fully saturated rings. The van der Waals surface area contributed by atoms with E-state index in [-0.39, 0.29) is 54.9 Å². The van der Waals surface area contributed by atoms with Gasteiger partial charge in [-0.05, 0) is 43.7 Å². The highest BCUT2D eigenvalue weighted by molar-refractivity contribution is 7.89. The number of nitrogens with zero attached hydrogens (tertiary/aromatic N) is 2. The molecule has 0 spiro atoms. The van der Waals surface area contributed by atoms with Crippen LogP contribution in [-0.4, -0.2) is 80.7 Å². The molecule has 1 heterocycles. The summed E-state index contributed by atoms with van der Waals surface area (Å²) in [6.45, 7) is 5.62. The van der Waals surface area contributed by atoms with Crippen LogP contribution >= 0.6 is 11.6 Å². The highest BCUT2D eigenvalue weighted by atomic mass is 35.5. The highest BCUT2D eigenvalue weighted by Gasteiger charge is 2.32. The molecule has 1 aliphatic heterocycles. The average molecular weight is 585 g/mol. The summed E-state index contributed by atoms with van der Waals surface area (Å²) in [5, 5.41) is 0.377. The van der Waals surface area contributed by atoms with Crippen molar-refractivity contribution in [1.29, 1.82) is 0 Å². The summed E-state index contributed by atoms with van der Waals surface area (Å²) >= 11 is 6.09. The number of hydrogen-bond donors (Lipinski definition) is 2. The fraction of sp³-hybridized carbons (Fsp3) is 0.462. The minimum atomic E-state index is -3.72. The normalized spacial score (nSPS) is 18.9. The van der Waals surface area contributed by atoms with Crippen molar-refractivity contribution in [1.82, 2.24) is 14.5 Å². The minimum absolute atomic E-state index is 0.0203. The predicted octanol–water partition coefficient (Wildman–Crippen LogP) is 2.15. The second-order valence-electron chi connectivity index (χ2n) is 9.66. The number of sulfonamides is 1.